The van der Waals surface area contributed by atoms with Gasteiger partial charge >= 0.3 is 0 Å². The second kappa shape index (κ2) is 5.29. The van der Waals surface area contributed by atoms with Gasteiger partial charge in [-0.2, -0.15) is 0 Å². The van der Waals surface area contributed by atoms with Gasteiger partial charge in [0.25, 0.3) is 5.89 Å². The molecule has 0 fully saturated rings. The van der Waals surface area contributed by atoms with Gasteiger partial charge in [-0.1, -0.05) is 6.07 Å². The van der Waals surface area contributed by atoms with Gasteiger partial charge in [-0.25, -0.2) is 0 Å². The first-order valence-electron chi connectivity index (χ1n) is 4.45. The van der Waals surface area contributed by atoms with E-state index < -0.39 is 0 Å². The molecule has 0 amide bonds. The molecule has 0 atom stereocenters. The summed E-state index contributed by atoms with van der Waals surface area (Å²) in [6, 6.07) is 3.90. The van der Waals surface area contributed by atoms with Gasteiger partial charge in [-0.3, -0.25) is 0 Å². The van der Waals surface area contributed by atoms with Crippen LogP contribution in [0.4, 0.5) is 0 Å². The summed E-state index contributed by atoms with van der Waals surface area (Å²) >= 11 is 3.15. The molecule has 6 heteroatoms. The van der Waals surface area contributed by atoms with Crippen LogP contribution in [0.3, 0.4) is 0 Å². The van der Waals surface area contributed by atoms with E-state index in [0.717, 1.165) is 4.88 Å². The molecule has 0 aliphatic carbocycles. The van der Waals surface area contributed by atoms with Gasteiger partial charge in [0.15, 0.2) is 0 Å². The van der Waals surface area contributed by atoms with Crippen molar-refractivity contribution in [2.75, 3.05) is 12.4 Å². The number of rotatable bonds is 5. The minimum Gasteiger partial charge on any atom is -0.419 e. The first-order valence-corrected chi connectivity index (χ1v) is 6.48. The van der Waals surface area contributed by atoms with E-state index in [2.05, 4.69) is 10.2 Å². The van der Waals surface area contributed by atoms with Crippen molar-refractivity contribution < 1.29 is 9.52 Å². The summed E-state index contributed by atoms with van der Waals surface area (Å²) in [4.78, 5) is 0.987. The van der Waals surface area contributed by atoms with Crippen LogP contribution in [0.2, 0.25) is 0 Å². The van der Waals surface area contributed by atoms with Gasteiger partial charge in [0.1, 0.15) is 0 Å². The highest BCUT2D eigenvalue weighted by atomic mass is 32.2. The molecule has 2 heterocycles. The van der Waals surface area contributed by atoms with Gasteiger partial charge in [0.05, 0.1) is 17.2 Å². The Kier molecular flexibility index (Phi) is 3.76. The Morgan fingerprint density at radius 1 is 1.47 bits per heavy atom. The van der Waals surface area contributed by atoms with Crippen molar-refractivity contribution >= 4 is 23.1 Å². The minimum absolute atomic E-state index is 0.177. The number of thiophene rings is 1. The maximum Gasteiger partial charge on any atom is 0.257 e. The topological polar surface area (TPSA) is 59.2 Å². The molecule has 1 N–H and O–H groups in total. The predicted molar refractivity (Wildman–Crippen MR) is 60.9 cm³/mol. The standard InChI is InChI=1S/C9H10N2O2S2/c12-3-5-14-6-8-10-11-9(13-8)7-2-1-4-15-7/h1-2,4,12H,3,5-6H2. The van der Waals surface area contributed by atoms with Gasteiger partial charge in [-0.15, -0.1) is 33.3 Å². The average molecular weight is 242 g/mol. The van der Waals surface area contributed by atoms with Gasteiger partial charge < -0.3 is 9.52 Å². The molecule has 4 nitrogen and oxygen atoms in total. The van der Waals surface area contributed by atoms with Gasteiger partial charge in [0, 0.05) is 5.75 Å². The molecule has 0 aliphatic rings. The third-order valence-corrected chi connectivity index (χ3v) is 3.44. The number of aliphatic hydroxyl groups is 1. The fourth-order valence-electron chi connectivity index (χ4n) is 1.04. The molecular formula is C9H10N2O2S2. The number of aromatic nitrogens is 2. The Bertz CT molecular complexity index is 400. The van der Waals surface area contributed by atoms with Crippen molar-refractivity contribution in [2.45, 2.75) is 5.75 Å². The van der Waals surface area contributed by atoms with E-state index in [1.807, 2.05) is 17.5 Å². The fraction of sp³-hybridized carbons (Fsp3) is 0.333. The van der Waals surface area contributed by atoms with Crippen LogP contribution < -0.4 is 0 Å². The lowest BCUT2D eigenvalue weighted by Gasteiger charge is -1.92. The zero-order valence-electron chi connectivity index (χ0n) is 7.92. The molecule has 2 aromatic rings. The Balaban J connectivity index is 1.98. The Morgan fingerprint density at radius 2 is 2.40 bits per heavy atom. The Morgan fingerprint density at radius 3 is 3.13 bits per heavy atom. The minimum atomic E-state index is 0.177. The lowest BCUT2D eigenvalue weighted by atomic mass is 10.5. The van der Waals surface area contributed by atoms with E-state index in [4.69, 9.17) is 9.52 Å². The summed E-state index contributed by atoms with van der Waals surface area (Å²) in [5.74, 6) is 2.52. The number of hydrogen-bond acceptors (Lipinski definition) is 6. The van der Waals surface area contributed by atoms with Gasteiger partial charge in [-0.05, 0) is 11.4 Å². The molecular weight excluding hydrogens is 232 g/mol. The molecule has 0 aromatic carbocycles. The van der Waals surface area contributed by atoms with E-state index in [0.29, 0.717) is 23.3 Å². The van der Waals surface area contributed by atoms with Crippen LogP contribution in [0.15, 0.2) is 21.9 Å². The van der Waals surface area contributed by atoms with Crippen molar-refractivity contribution in [3.8, 4) is 10.8 Å². The molecule has 0 spiro atoms. The van der Waals surface area contributed by atoms with E-state index in [9.17, 15) is 0 Å². The molecule has 80 valence electrons. The Labute approximate surface area is 95.3 Å². The van der Waals surface area contributed by atoms with Crippen LogP contribution in [0, 0.1) is 0 Å². The summed E-state index contributed by atoms with van der Waals surface area (Å²) in [5, 5.41) is 18.5. The summed E-state index contributed by atoms with van der Waals surface area (Å²) < 4.78 is 5.46. The van der Waals surface area contributed by atoms with Crippen LogP contribution >= 0.6 is 23.1 Å². The summed E-state index contributed by atoms with van der Waals surface area (Å²) in [6.07, 6.45) is 0. The van der Waals surface area contributed by atoms with Crippen molar-refractivity contribution in [2.24, 2.45) is 0 Å². The second-order valence-electron chi connectivity index (χ2n) is 2.75. The first-order chi connectivity index (χ1) is 7.40. The molecule has 0 unspecified atom stereocenters. The molecule has 0 bridgehead atoms. The van der Waals surface area contributed by atoms with Crippen LogP contribution in [0.5, 0.6) is 0 Å². The van der Waals surface area contributed by atoms with Crippen molar-refractivity contribution in [1.29, 1.82) is 0 Å². The first kappa shape index (κ1) is 10.7. The van der Waals surface area contributed by atoms with E-state index in [1.165, 1.54) is 0 Å². The number of nitrogens with zero attached hydrogens (tertiary/aromatic N) is 2. The van der Waals surface area contributed by atoms with Crippen molar-refractivity contribution in [3.63, 3.8) is 0 Å². The number of aliphatic hydroxyl groups excluding tert-OH is 1. The molecule has 0 radical (unpaired) electrons. The average Bonchev–Trinajstić information content (AvgIpc) is 2.87. The van der Waals surface area contributed by atoms with Crippen LogP contribution in [0.25, 0.3) is 10.8 Å². The number of thioether (sulfide) groups is 1. The third kappa shape index (κ3) is 2.80. The highest BCUT2D eigenvalue weighted by molar-refractivity contribution is 7.98. The van der Waals surface area contributed by atoms with Crippen LogP contribution in [-0.2, 0) is 5.75 Å². The van der Waals surface area contributed by atoms with E-state index in [-0.39, 0.29) is 6.61 Å². The predicted octanol–water partition coefficient (Wildman–Crippen LogP) is 2.02. The summed E-state index contributed by atoms with van der Waals surface area (Å²) in [5.41, 5.74) is 0. The van der Waals surface area contributed by atoms with Gasteiger partial charge in [0.2, 0.25) is 5.89 Å². The normalized spacial score (nSPS) is 10.7. The summed E-state index contributed by atoms with van der Waals surface area (Å²) in [6.45, 7) is 0.177. The quantitative estimate of drug-likeness (QED) is 0.813. The maximum absolute atomic E-state index is 8.61. The lowest BCUT2D eigenvalue weighted by molar-refractivity contribution is 0.322. The van der Waals surface area contributed by atoms with E-state index >= 15 is 0 Å². The molecule has 0 saturated carbocycles. The monoisotopic (exact) mass is 242 g/mol. The largest absolute Gasteiger partial charge is 0.419 e. The van der Waals surface area contributed by atoms with Crippen molar-refractivity contribution in [3.05, 3.63) is 23.4 Å². The fourth-order valence-corrected chi connectivity index (χ4v) is 2.24. The van der Waals surface area contributed by atoms with E-state index in [1.54, 1.807) is 23.1 Å². The molecule has 15 heavy (non-hydrogen) atoms. The van der Waals surface area contributed by atoms with Crippen molar-refractivity contribution in [1.82, 2.24) is 10.2 Å². The third-order valence-electron chi connectivity index (χ3n) is 1.66. The van der Waals surface area contributed by atoms with Crippen LogP contribution in [-0.4, -0.2) is 27.7 Å². The van der Waals surface area contributed by atoms with Crippen LogP contribution in [0.1, 0.15) is 5.89 Å². The summed E-state index contributed by atoms with van der Waals surface area (Å²) in [7, 11) is 0. The zero-order chi connectivity index (χ0) is 10.5. The number of hydrogen-bond donors (Lipinski definition) is 1. The molecule has 2 aromatic heterocycles. The highest BCUT2D eigenvalue weighted by Crippen LogP contribution is 2.23. The molecule has 2 rings (SSSR count). The SMILES string of the molecule is OCCSCc1nnc(-c2cccs2)o1. The second-order valence-corrected chi connectivity index (χ2v) is 4.81. The zero-order valence-corrected chi connectivity index (χ0v) is 9.55. The maximum atomic E-state index is 8.61. The smallest absolute Gasteiger partial charge is 0.257 e. The molecule has 0 saturated heterocycles. The Hall–Kier alpha value is -0.850. The highest BCUT2D eigenvalue weighted by Gasteiger charge is 2.08. The lowest BCUT2D eigenvalue weighted by Crippen LogP contribution is -1.87. The molecule has 0 aliphatic heterocycles.